The molecule has 2 aromatic rings. The third kappa shape index (κ3) is 4.07. The lowest BCUT2D eigenvalue weighted by atomic mass is 9.96. The fourth-order valence-electron chi connectivity index (χ4n) is 3.39. The topological polar surface area (TPSA) is 67.2 Å². The van der Waals surface area contributed by atoms with Crippen molar-refractivity contribution in [2.24, 2.45) is 13.0 Å². The number of aromatic nitrogens is 2. The Balaban J connectivity index is 1.67. The van der Waals surface area contributed by atoms with E-state index in [1.807, 2.05) is 26.0 Å². The third-order valence-corrected chi connectivity index (χ3v) is 4.52. The lowest BCUT2D eigenvalue weighted by molar-refractivity contribution is -0.121. The van der Waals surface area contributed by atoms with Crippen molar-refractivity contribution in [1.82, 2.24) is 14.7 Å². The number of likely N-dealkylation sites (tertiary alicyclic amines) is 1. The summed E-state index contributed by atoms with van der Waals surface area (Å²) in [5.74, 6) is -0.236. The summed E-state index contributed by atoms with van der Waals surface area (Å²) < 4.78 is 1.65. The maximum Gasteiger partial charge on any atom is 0.253 e. The maximum absolute atomic E-state index is 12.8. The number of amides is 2. The highest BCUT2D eigenvalue weighted by Crippen LogP contribution is 2.21. The number of piperidine rings is 1. The number of hydrogen-bond acceptors (Lipinski definition) is 3. The van der Waals surface area contributed by atoms with Gasteiger partial charge >= 0.3 is 0 Å². The summed E-state index contributed by atoms with van der Waals surface area (Å²) in [6, 6.07) is 5.88. The number of rotatable bonds is 3. The summed E-state index contributed by atoms with van der Waals surface area (Å²) in [6.45, 7) is 5.13. The Labute approximate surface area is 147 Å². The minimum Gasteiger partial charge on any atom is -0.338 e. The zero-order valence-corrected chi connectivity index (χ0v) is 15.0. The number of anilines is 1. The molecule has 1 atom stereocenters. The molecule has 132 valence electrons. The van der Waals surface area contributed by atoms with Crippen LogP contribution in [0.15, 0.2) is 30.6 Å². The van der Waals surface area contributed by atoms with Crippen LogP contribution in [0.3, 0.4) is 0 Å². The predicted molar refractivity (Wildman–Crippen MR) is 96.4 cm³/mol. The van der Waals surface area contributed by atoms with Gasteiger partial charge in [-0.2, -0.15) is 5.10 Å². The summed E-state index contributed by atoms with van der Waals surface area (Å²) in [7, 11) is 1.81. The monoisotopic (exact) mass is 340 g/mol. The smallest absolute Gasteiger partial charge is 0.253 e. The first kappa shape index (κ1) is 17.2. The summed E-state index contributed by atoms with van der Waals surface area (Å²) in [6.07, 6.45) is 5.02. The van der Waals surface area contributed by atoms with Crippen molar-refractivity contribution in [3.63, 3.8) is 0 Å². The van der Waals surface area contributed by atoms with E-state index < -0.39 is 0 Å². The van der Waals surface area contributed by atoms with Crippen LogP contribution >= 0.6 is 0 Å². The third-order valence-electron chi connectivity index (χ3n) is 4.52. The highest BCUT2D eigenvalue weighted by Gasteiger charge is 2.29. The number of nitrogens with one attached hydrogen (secondary N) is 1. The van der Waals surface area contributed by atoms with E-state index in [1.54, 1.807) is 29.0 Å². The summed E-state index contributed by atoms with van der Waals surface area (Å²) >= 11 is 0. The largest absolute Gasteiger partial charge is 0.338 e. The molecule has 1 aromatic carbocycles. The molecule has 1 N–H and O–H groups in total. The average molecular weight is 340 g/mol. The lowest BCUT2D eigenvalue weighted by Crippen LogP contribution is -2.43. The van der Waals surface area contributed by atoms with Crippen molar-refractivity contribution < 1.29 is 9.59 Å². The van der Waals surface area contributed by atoms with Crippen LogP contribution < -0.4 is 5.32 Å². The van der Waals surface area contributed by atoms with Gasteiger partial charge in [0.2, 0.25) is 5.91 Å². The summed E-state index contributed by atoms with van der Waals surface area (Å²) in [5, 5.41) is 6.94. The molecule has 6 heteroatoms. The first-order chi connectivity index (χ1) is 11.9. The summed E-state index contributed by atoms with van der Waals surface area (Å²) in [5.41, 5.74) is 3.54. The molecule has 1 aliphatic rings. The molecule has 0 bridgehead atoms. The maximum atomic E-state index is 12.8. The molecule has 3 rings (SSSR count). The van der Waals surface area contributed by atoms with Crippen molar-refractivity contribution >= 4 is 17.5 Å². The molecule has 1 unspecified atom stereocenters. The van der Waals surface area contributed by atoms with Crippen molar-refractivity contribution in [3.8, 4) is 0 Å². The van der Waals surface area contributed by atoms with E-state index in [-0.39, 0.29) is 17.7 Å². The van der Waals surface area contributed by atoms with Crippen molar-refractivity contribution in [1.29, 1.82) is 0 Å². The van der Waals surface area contributed by atoms with E-state index in [0.29, 0.717) is 24.3 Å². The van der Waals surface area contributed by atoms with Crippen molar-refractivity contribution in [2.45, 2.75) is 26.7 Å². The molecule has 0 saturated carbocycles. The Morgan fingerprint density at radius 3 is 2.56 bits per heavy atom. The van der Waals surface area contributed by atoms with E-state index in [0.717, 1.165) is 24.0 Å². The zero-order chi connectivity index (χ0) is 18.0. The fourth-order valence-corrected chi connectivity index (χ4v) is 3.39. The van der Waals surface area contributed by atoms with Crippen molar-refractivity contribution in [3.05, 3.63) is 47.3 Å². The second kappa shape index (κ2) is 7.09. The molecule has 1 aliphatic heterocycles. The lowest BCUT2D eigenvalue weighted by Gasteiger charge is -2.32. The number of aryl methyl sites for hydroxylation is 3. The van der Waals surface area contributed by atoms with Gasteiger partial charge < -0.3 is 10.2 Å². The normalized spacial score (nSPS) is 17.4. The molecule has 6 nitrogen and oxygen atoms in total. The van der Waals surface area contributed by atoms with Gasteiger partial charge in [0.05, 0.1) is 17.8 Å². The first-order valence-corrected chi connectivity index (χ1v) is 8.59. The van der Waals surface area contributed by atoms with E-state index in [9.17, 15) is 9.59 Å². The average Bonchev–Trinajstić information content (AvgIpc) is 2.98. The highest BCUT2D eigenvalue weighted by molar-refractivity contribution is 5.96. The zero-order valence-electron chi connectivity index (χ0n) is 15.0. The van der Waals surface area contributed by atoms with Gasteiger partial charge in [0, 0.05) is 31.9 Å². The van der Waals surface area contributed by atoms with Crippen LogP contribution in [0.4, 0.5) is 5.69 Å². The van der Waals surface area contributed by atoms with Crippen LogP contribution in [0.25, 0.3) is 0 Å². The van der Waals surface area contributed by atoms with E-state index in [1.165, 1.54) is 0 Å². The molecular formula is C19H24N4O2. The van der Waals surface area contributed by atoms with Gasteiger partial charge in [0.1, 0.15) is 0 Å². The van der Waals surface area contributed by atoms with Gasteiger partial charge in [-0.25, -0.2) is 0 Å². The molecule has 2 amide bonds. The second-order valence-corrected chi connectivity index (χ2v) is 6.86. The molecule has 1 saturated heterocycles. The molecule has 25 heavy (non-hydrogen) atoms. The van der Waals surface area contributed by atoms with Crippen molar-refractivity contribution in [2.75, 3.05) is 18.4 Å². The number of benzene rings is 1. The fraction of sp³-hybridized carbons (Fsp3) is 0.421. The number of nitrogens with zero attached hydrogens (tertiary/aromatic N) is 3. The van der Waals surface area contributed by atoms with Crippen LogP contribution in [0.5, 0.6) is 0 Å². The molecule has 1 fully saturated rings. The van der Waals surface area contributed by atoms with Gasteiger partial charge in [0.15, 0.2) is 0 Å². The number of hydrogen-bond donors (Lipinski definition) is 1. The summed E-state index contributed by atoms with van der Waals surface area (Å²) in [4.78, 5) is 27.1. The standard InChI is InChI=1S/C19H24N4O2/c1-13-7-14(2)9-16(8-13)19(25)23-6-4-5-15(11-23)18(24)21-17-10-20-22(3)12-17/h7-10,12,15H,4-6,11H2,1-3H3,(H,21,24). The highest BCUT2D eigenvalue weighted by atomic mass is 16.2. The minimum atomic E-state index is -0.191. The van der Waals surface area contributed by atoms with Crippen LogP contribution in [0.2, 0.25) is 0 Å². The van der Waals surface area contributed by atoms with Gasteiger partial charge in [-0.05, 0) is 38.8 Å². The Kier molecular flexibility index (Phi) is 4.88. The molecule has 2 heterocycles. The van der Waals surface area contributed by atoms with Gasteiger partial charge in [-0.3, -0.25) is 14.3 Å². The predicted octanol–water partition coefficient (Wildman–Crippen LogP) is 2.53. The van der Waals surface area contributed by atoms with E-state index >= 15 is 0 Å². The second-order valence-electron chi connectivity index (χ2n) is 6.86. The molecule has 0 spiro atoms. The van der Waals surface area contributed by atoms with E-state index in [2.05, 4.69) is 16.5 Å². The van der Waals surface area contributed by atoms with Crippen LogP contribution in [-0.4, -0.2) is 39.6 Å². The minimum absolute atomic E-state index is 0.00526. The Morgan fingerprint density at radius 1 is 1.20 bits per heavy atom. The Hall–Kier alpha value is -2.63. The van der Waals surface area contributed by atoms with Crippen LogP contribution in [-0.2, 0) is 11.8 Å². The van der Waals surface area contributed by atoms with Crippen LogP contribution in [0, 0.1) is 19.8 Å². The molecule has 0 radical (unpaired) electrons. The van der Waals surface area contributed by atoms with Gasteiger partial charge in [-0.1, -0.05) is 17.2 Å². The van der Waals surface area contributed by atoms with Crippen LogP contribution in [0.1, 0.15) is 34.3 Å². The Morgan fingerprint density at radius 2 is 1.92 bits per heavy atom. The molecular weight excluding hydrogens is 316 g/mol. The van der Waals surface area contributed by atoms with Gasteiger partial charge in [-0.15, -0.1) is 0 Å². The number of carbonyl (C=O) groups excluding carboxylic acids is 2. The SMILES string of the molecule is Cc1cc(C)cc(C(=O)N2CCCC(C(=O)Nc3cnn(C)c3)C2)c1. The molecule has 1 aromatic heterocycles. The number of carbonyl (C=O) groups is 2. The first-order valence-electron chi connectivity index (χ1n) is 8.59. The quantitative estimate of drug-likeness (QED) is 0.934. The van der Waals surface area contributed by atoms with E-state index in [4.69, 9.17) is 0 Å². The Bertz CT molecular complexity index is 776. The molecule has 0 aliphatic carbocycles. The van der Waals surface area contributed by atoms with Gasteiger partial charge in [0.25, 0.3) is 5.91 Å².